The number of hydrogen-bond acceptors (Lipinski definition) is 3. The Morgan fingerprint density at radius 3 is 2.46 bits per heavy atom. The summed E-state index contributed by atoms with van der Waals surface area (Å²) in [5.41, 5.74) is 3.22. The van der Waals surface area contributed by atoms with Crippen LogP contribution in [0.25, 0.3) is 0 Å². The molecule has 6 heteroatoms. The van der Waals surface area contributed by atoms with Gasteiger partial charge in [0, 0.05) is 48.9 Å². The largest absolute Gasteiger partial charge is 0.362 e. The number of thiophene rings is 1. The van der Waals surface area contributed by atoms with Crippen LogP contribution in [-0.2, 0) is 22.4 Å². The number of amides is 2. The highest BCUT2D eigenvalue weighted by molar-refractivity contribution is 7.09. The van der Waals surface area contributed by atoms with E-state index in [1.165, 1.54) is 4.88 Å². The van der Waals surface area contributed by atoms with Gasteiger partial charge in [0.15, 0.2) is 0 Å². The Bertz CT molecular complexity index is 751. The standard InChI is InChI=1S/C20H27N3O2S/c1-15-13-17(16(2)21-15)14-20(25)23-9-4-8-22(10-11-23)19(24)7-6-18-5-3-12-26-18/h3,5,12-13,21H,4,6-11,14H2,1-2H3. The summed E-state index contributed by atoms with van der Waals surface area (Å²) in [7, 11) is 0. The van der Waals surface area contributed by atoms with E-state index in [1.54, 1.807) is 11.3 Å². The first-order valence-electron chi connectivity index (χ1n) is 9.26. The zero-order chi connectivity index (χ0) is 18.5. The molecule has 0 unspecified atom stereocenters. The smallest absolute Gasteiger partial charge is 0.227 e. The van der Waals surface area contributed by atoms with E-state index in [9.17, 15) is 9.59 Å². The highest BCUT2D eigenvalue weighted by atomic mass is 32.1. The number of carbonyl (C=O) groups is 2. The summed E-state index contributed by atoms with van der Waals surface area (Å²) >= 11 is 1.70. The summed E-state index contributed by atoms with van der Waals surface area (Å²) in [6.07, 6.45) is 2.64. The summed E-state index contributed by atoms with van der Waals surface area (Å²) in [6.45, 7) is 6.76. The topological polar surface area (TPSA) is 56.4 Å². The molecular formula is C20H27N3O2S. The monoisotopic (exact) mass is 373 g/mol. The van der Waals surface area contributed by atoms with E-state index in [0.29, 0.717) is 25.9 Å². The van der Waals surface area contributed by atoms with Crippen LogP contribution in [0.3, 0.4) is 0 Å². The second-order valence-corrected chi connectivity index (χ2v) is 8.01. The molecule has 2 amide bonds. The first-order chi connectivity index (χ1) is 12.5. The third kappa shape index (κ3) is 4.75. The molecule has 0 radical (unpaired) electrons. The Morgan fingerprint density at radius 1 is 1.12 bits per heavy atom. The lowest BCUT2D eigenvalue weighted by Crippen LogP contribution is -2.38. The zero-order valence-electron chi connectivity index (χ0n) is 15.6. The zero-order valence-corrected chi connectivity index (χ0v) is 16.4. The van der Waals surface area contributed by atoms with E-state index in [1.807, 2.05) is 41.2 Å². The predicted octanol–water partition coefficient (Wildman–Crippen LogP) is 2.93. The number of H-pyrrole nitrogens is 1. The lowest BCUT2D eigenvalue weighted by Gasteiger charge is -2.22. The molecule has 26 heavy (non-hydrogen) atoms. The maximum Gasteiger partial charge on any atom is 0.227 e. The van der Waals surface area contributed by atoms with Crippen molar-refractivity contribution in [3.63, 3.8) is 0 Å². The quantitative estimate of drug-likeness (QED) is 0.876. The lowest BCUT2D eigenvalue weighted by molar-refractivity contribution is -0.133. The normalized spacial score (nSPS) is 15.2. The summed E-state index contributed by atoms with van der Waals surface area (Å²) in [5, 5.41) is 2.04. The van der Waals surface area contributed by atoms with Gasteiger partial charge in [0.05, 0.1) is 6.42 Å². The van der Waals surface area contributed by atoms with Gasteiger partial charge in [-0.3, -0.25) is 9.59 Å². The highest BCUT2D eigenvalue weighted by Crippen LogP contribution is 2.15. The number of aromatic nitrogens is 1. The van der Waals surface area contributed by atoms with Crippen LogP contribution < -0.4 is 0 Å². The minimum atomic E-state index is 0.153. The molecule has 3 rings (SSSR count). The summed E-state index contributed by atoms with van der Waals surface area (Å²) in [5.74, 6) is 0.352. The number of hydrogen-bond donors (Lipinski definition) is 1. The van der Waals surface area contributed by atoms with Gasteiger partial charge in [0.2, 0.25) is 11.8 Å². The van der Waals surface area contributed by atoms with Crippen molar-refractivity contribution in [1.29, 1.82) is 0 Å². The predicted molar refractivity (Wildman–Crippen MR) is 104 cm³/mol. The molecule has 1 fully saturated rings. The maximum absolute atomic E-state index is 12.6. The van der Waals surface area contributed by atoms with E-state index in [4.69, 9.17) is 0 Å². The molecule has 1 saturated heterocycles. The third-order valence-corrected chi connectivity index (χ3v) is 5.90. The second kappa shape index (κ2) is 8.54. The molecule has 0 saturated carbocycles. The number of rotatable bonds is 5. The van der Waals surface area contributed by atoms with Crippen molar-refractivity contribution in [2.24, 2.45) is 0 Å². The Labute approximate surface area is 159 Å². The first-order valence-corrected chi connectivity index (χ1v) is 10.1. The lowest BCUT2D eigenvalue weighted by atomic mass is 10.1. The molecule has 0 aliphatic carbocycles. The van der Waals surface area contributed by atoms with Gasteiger partial charge in [0.25, 0.3) is 0 Å². The fourth-order valence-electron chi connectivity index (χ4n) is 3.50. The van der Waals surface area contributed by atoms with Crippen LogP contribution in [0, 0.1) is 13.8 Å². The Morgan fingerprint density at radius 2 is 1.85 bits per heavy atom. The van der Waals surface area contributed by atoms with Gasteiger partial charge in [0.1, 0.15) is 0 Å². The number of nitrogens with one attached hydrogen (secondary N) is 1. The minimum Gasteiger partial charge on any atom is -0.362 e. The van der Waals surface area contributed by atoms with Gasteiger partial charge in [-0.15, -0.1) is 11.3 Å². The second-order valence-electron chi connectivity index (χ2n) is 6.97. The van der Waals surface area contributed by atoms with E-state index >= 15 is 0 Å². The molecule has 2 aromatic rings. The van der Waals surface area contributed by atoms with Crippen LogP contribution in [0.15, 0.2) is 23.6 Å². The minimum absolute atomic E-state index is 0.153. The van der Waals surface area contributed by atoms with Crippen LogP contribution in [0.5, 0.6) is 0 Å². The molecular weight excluding hydrogens is 346 g/mol. The molecule has 1 N–H and O–H groups in total. The van der Waals surface area contributed by atoms with Gasteiger partial charge < -0.3 is 14.8 Å². The number of aryl methyl sites for hydroxylation is 3. The van der Waals surface area contributed by atoms with E-state index in [2.05, 4.69) is 11.1 Å². The summed E-state index contributed by atoms with van der Waals surface area (Å²) < 4.78 is 0. The molecule has 0 bridgehead atoms. The van der Waals surface area contributed by atoms with Crippen LogP contribution >= 0.6 is 11.3 Å². The van der Waals surface area contributed by atoms with Crippen LogP contribution in [-0.4, -0.2) is 52.8 Å². The van der Waals surface area contributed by atoms with Gasteiger partial charge in [-0.25, -0.2) is 0 Å². The molecule has 5 nitrogen and oxygen atoms in total. The van der Waals surface area contributed by atoms with Crippen LogP contribution in [0.1, 0.15) is 34.7 Å². The molecule has 0 aromatic carbocycles. The van der Waals surface area contributed by atoms with Gasteiger partial charge in [-0.2, -0.15) is 0 Å². The van der Waals surface area contributed by atoms with Crippen molar-refractivity contribution < 1.29 is 9.59 Å². The first kappa shape index (κ1) is 18.7. The van der Waals surface area contributed by atoms with E-state index in [0.717, 1.165) is 42.9 Å². The Kier molecular flexibility index (Phi) is 6.14. The fourth-order valence-corrected chi connectivity index (χ4v) is 4.21. The SMILES string of the molecule is Cc1cc(CC(=O)N2CCCN(C(=O)CCc3cccs3)CC2)c(C)[nH]1. The van der Waals surface area contributed by atoms with Crippen LogP contribution in [0.2, 0.25) is 0 Å². The van der Waals surface area contributed by atoms with E-state index in [-0.39, 0.29) is 11.8 Å². The van der Waals surface area contributed by atoms with Crippen molar-refractivity contribution in [2.45, 2.75) is 39.5 Å². The Hall–Kier alpha value is -2.08. The van der Waals surface area contributed by atoms with Gasteiger partial charge in [-0.1, -0.05) is 6.07 Å². The summed E-state index contributed by atoms with van der Waals surface area (Å²) in [4.78, 5) is 33.5. The molecule has 2 aromatic heterocycles. The molecule has 1 aliphatic rings. The van der Waals surface area contributed by atoms with Crippen molar-refractivity contribution >= 4 is 23.2 Å². The molecule has 0 spiro atoms. The molecule has 140 valence electrons. The van der Waals surface area contributed by atoms with Crippen molar-refractivity contribution in [3.05, 3.63) is 45.4 Å². The number of carbonyl (C=O) groups excluding carboxylic acids is 2. The average Bonchev–Trinajstić information content (AvgIpc) is 3.14. The average molecular weight is 374 g/mol. The van der Waals surface area contributed by atoms with Gasteiger partial charge >= 0.3 is 0 Å². The third-order valence-electron chi connectivity index (χ3n) is 4.97. The van der Waals surface area contributed by atoms with Crippen molar-refractivity contribution in [1.82, 2.24) is 14.8 Å². The Balaban J connectivity index is 1.50. The fraction of sp³-hybridized carbons (Fsp3) is 0.500. The van der Waals surface area contributed by atoms with Crippen molar-refractivity contribution in [2.75, 3.05) is 26.2 Å². The van der Waals surface area contributed by atoms with Gasteiger partial charge in [-0.05, 0) is 49.8 Å². The van der Waals surface area contributed by atoms with Crippen molar-refractivity contribution in [3.8, 4) is 0 Å². The maximum atomic E-state index is 12.6. The number of nitrogens with zero attached hydrogens (tertiary/aromatic N) is 2. The van der Waals surface area contributed by atoms with Crippen LogP contribution in [0.4, 0.5) is 0 Å². The molecule has 1 aliphatic heterocycles. The number of aromatic amines is 1. The highest BCUT2D eigenvalue weighted by Gasteiger charge is 2.22. The van der Waals surface area contributed by atoms with E-state index < -0.39 is 0 Å². The summed E-state index contributed by atoms with van der Waals surface area (Å²) in [6, 6.07) is 6.14. The molecule has 3 heterocycles. The molecule has 0 atom stereocenters.